The van der Waals surface area contributed by atoms with E-state index in [0.29, 0.717) is 28.1 Å². The highest BCUT2D eigenvalue weighted by atomic mass is 19.4. The molecule has 0 aliphatic heterocycles. The number of para-hydroxylation sites is 4. The Labute approximate surface area is 338 Å². The molecule has 0 fully saturated rings. The van der Waals surface area contributed by atoms with E-state index in [1.54, 1.807) is 0 Å². The van der Waals surface area contributed by atoms with Gasteiger partial charge in [0.2, 0.25) is 0 Å². The van der Waals surface area contributed by atoms with Crippen molar-refractivity contribution >= 4 is 87.2 Å². The van der Waals surface area contributed by atoms with Crippen molar-refractivity contribution in [3.8, 4) is 34.6 Å². The zero-order valence-corrected chi connectivity index (χ0v) is 31.4. The Kier molecular flexibility index (Phi) is 6.84. The second-order valence-corrected chi connectivity index (χ2v) is 15.2. The maximum absolute atomic E-state index is 14.1. The quantitative estimate of drug-likeness (QED) is 0.187. The minimum Gasteiger partial charge on any atom is -0.353 e. The fourth-order valence-corrected chi connectivity index (χ4v) is 9.54. The smallest absolute Gasteiger partial charge is 0.353 e. The van der Waals surface area contributed by atoms with Gasteiger partial charge >= 0.3 is 6.18 Å². The van der Waals surface area contributed by atoms with Crippen molar-refractivity contribution in [2.24, 2.45) is 0 Å². The number of fused-ring (bicyclic) bond motifs is 14. The number of H-pyrrole nitrogens is 2. The first-order chi connectivity index (χ1) is 29.3. The Morgan fingerprint density at radius 3 is 1.42 bits per heavy atom. The lowest BCUT2D eigenvalue weighted by Crippen LogP contribution is -2.07. The summed E-state index contributed by atoms with van der Waals surface area (Å²) in [7, 11) is 0. The van der Waals surface area contributed by atoms with Gasteiger partial charge in [0, 0.05) is 54.1 Å². The monoisotopic (exact) mass is 780 g/mol. The molecule has 9 heteroatoms. The maximum Gasteiger partial charge on any atom is 0.416 e. The minimum absolute atomic E-state index is 0.133. The number of nitrogens with zero attached hydrogens (tertiary/aromatic N) is 4. The molecule has 0 saturated carbocycles. The zero-order valence-electron chi connectivity index (χ0n) is 31.4. The van der Waals surface area contributed by atoms with Crippen LogP contribution in [-0.2, 0) is 6.18 Å². The molecule has 6 nitrogen and oxygen atoms in total. The van der Waals surface area contributed by atoms with E-state index in [-0.39, 0.29) is 5.56 Å². The van der Waals surface area contributed by atoms with Crippen LogP contribution in [-0.4, -0.2) is 19.1 Å². The number of benzene rings is 8. The SMILES string of the molecule is N#Cc1cc(C(F)(F)F)ccc1-c1cc(-n2c3ccccc3c3ccc4c5ccccc5[nH]c4c32)c(C#N)c(-n2c3ccccc3c3ccc4c5ccccc5[nH]c4c32)c1. The average molecular weight is 781 g/mol. The number of nitriles is 2. The van der Waals surface area contributed by atoms with Crippen LogP contribution in [0, 0.1) is 22.7 Å². The first-order valence-electron chi connectivity index (χ1n) is 19.4. The first kappa shape index (κ1) is 33.8. The highest BCUT2D eigenvalue weighted by Crippen LogP contribution is 2.45. The highest BCUT2D eigenvalue weighted by Gasteiger charge is 2.32. The van der Waals surface area contributed by atoms with Crippen molar-refractivity contribution in [1.29, 1.82) is 10.5 Å². The number of alkyl halides is 3. The van der Waals surface area contributed by atoms with Crippen LogP contribution < -0.4 is 0 Å². The lowest BCUT2D eigenvalue weighted by molar-refractivity contribution is -0.137. The van der Waals surface area contributed by atoms with Crippen LogP contribution in [0.4, 0.5) is 13.2 Å². The maximum atomic E-state index is 14.1. The summed E-state index contributed by atoms with van der Waals surface area (Å²) in [5, 5.41) is 30.0. The van der Waals surface area contributed by atoms with Gasteiger partial charge in [-0.2, -0.15) is 23.7 Å². The van der Waals surface area contributed by atoms with E-state index < -0.39 is 11.7 Å². The fourth-order valence-electron chi connectivity index (χ4n) is 9.54. The summed E-state index contributed by atoms with van der Waals surface area (Å²) >= 11 is 0. The number of aromatic nitrogens is 4. The molecule has 0 radical (unpaired) electrons. The van der Waals surface area contributed by atoms with Gasteiger partial charge in [0.15, 0.2) is 0 Å². The van der Waals surface area contributed by atoms with E-state index in [9.17, 15) is 23.7 Å². The molecule has 0 spiro atoms. The summed E-state index contributed by atoms with van der Waals surface area (Å²) < 4.78 is 46.4. The summed E-state index contributed by atoms with van der Waals surface area (Å²) in [6, 6.07) is 52.3. The molecule has 0 aliphatic rings. The van der Waals surface area contributed by atoms with E-state index in [1.807, 2.05) is 84.9 Å². The van der Waals surface area contributed by atoms with Gasteiger partial charge in [-0.25, -0.2) is 0 Å². The number of hydrogen-bond acceptors (Lipinski definition) is 2. The zero-order chi connectivity index (χ0) is 40.4. The number of rotatable bonds is 3. The molecule has 4 heterocycles. The molecule has 0 amide bonds. The largest absolute Gasteiger partial charge is 0.416 e. The van der Waals surface area contributed by atoms with Crippen molar-refractivity contribution < 1.29 is 13.2 Å². The molecule has 0 aliphatic carbocycles. The van der Waals surface area contributed by atoms with Crippen LogP contribution in [0.5, 0.6) is 0 Å². The lowest BCUT2D eigenvalue weighted by atomic mass is 9.95. The molecule has 0 bridgehead atoms. The molecule has 8 aromatic carbocycles. The fraction of sp³-hybridized carbons (Fsp3) is 0.0196. The van der Waals surface area contributed by atoms with Gasteiger partial charge in [0.25, 0.3) is 0 Å². The molecule has 2 N–H and O–H groups in total. The Morgan fingerprint density at radius 2 is 0.933 bits per heavy atom. The van der Waals surface area contributed by atoms with Gasteiger partial charge in [-0.1, -0.05) is 103 Å². The molecule has 12 aromatic rings. The lowest BCUT2D eigenvalue weighted by Gasteiger charge is -2.19. The summed E-state index contributed by atoms with van der Waals surface area (Å²) in [4.78, 5) is 7.35. The van der Waals surface area contributed by atoms with Gasteiger partial charge in [-0.3, -0.25) is 0 Å². The van der Waals surface area contributed by atoms with E-state index in [2.05, 4.69) is 79.8 Å². The van der Waals surface area contributed by atoms with Crippen LogP contribution in [0.15, 0.2) is 152 Å². The highest BCUT2D eigenvalue weighted by molar-refractivity contribution is 6.24. The summed E-state index contributed by atoms with van der Waals surface area (Å²) in [5.74, 6) is 0. The predicted molar refractivity (Wildman–Crippen MR) is 234 cm³/mol. The molecule has 12 rings (SSSR count). The second kappa shape index (κ2) is 12.1. The van der Waals surface area contributed by atoms with E-state index in [0.717, 1.165) is 99.4 Å². The van der Waals surface area contributed by atoms with Crippen molar-refractivity contribution in [2.45, 2.75) is 6.18 Å². The van der Waals surface area contributed by atoms with Crippen molar-refractivity contribution in [1.82, 2.24) is 19.1 Å². The third-order valence-electron chi connectivity index (χ3n) is 12.1. The minimum atomic E-state index is -4.65. The van der Waals surface area contributed by atoms with Gasteiger partial charge in [-0.05, 0) is 59.7 Å². The average Bonchev–Trinajstić information content (AvgIpc) is 4.03. The molecule has 60 heavy (non-hydrogen) atoms. The second-order valence-electron chi connectivity index (χ2n) is 15.2. The Bertz CT molecular complexity index is 3710. The summed E-state index contributed by atoms with van der Waals surface area (Å²) in [5.41, 5.74) is 8.17. The molecule has 0 saturated heterocycles. The van der Waals surface area contributed by atoms with Crippen LogP contribution in [0.3, 0.4) is 0 Å². The third kappa shape index (κ3) is 4.57. The number of aromatic amines is 2. The number of halogens is 3. The van der Waals surface area contributed by atoms with Crippen LogP contribution in [0.1, 0.15) is 16.7 Å². The Morgan fingerprint density at radius 1 is 0.467 bits per heavy atom. The van der Waals surface area contributed by atoms with Crippen molar-refractivity contribution in [3.05, 3.63) is 168 Å². The third-order valence-corrected chi connectivity index (χ3v) is 12.1. The standard InChI is InChI=1S/C51H27F3N6/c52-51(53,54)30-17-18-31(29(23-30)26-55)28-24-45(59-43-15-7-3-11-34(43)38-21-19-36-32-9-1-5-13-41(32)57-47(36)49(38)59)40(27-56)46(25-28)60-44-16-8-4-12-35(44)39-22-20-37-33-10-2-6-14-42(33)58-48(37)50(39)60/h1-25,57-58H. The Hall–Kier alpha value is -8.27. The van der Waals surface area contributed by atoms with E-state index in [1.165, 1.54) is 6.07 Å². The molecular weight excluding hydrogens is 754 g/mol. The molecule has 0 atom stereocenters. The van der Waals surface area contributed by atoms with Crippen molar-refractivity contribution in [2.75, 3.05) is 0 Å². The van der Waals surface area contributed by atoms with Crippen LogP contribution >= 0.6 is 0 Å². The van der Waals surface area contributed by atoms with Gasteiger partial charge in [0.05, 0.1) is 61.7 Å². The topological polar surface area (TPSA) is 89.0 Å². The van der Waals surface area contributed by atoms with Crippen LogP contribution in [0.2, 0.25) is 0 Å². The molecule has 4 aromatic heterocycles. The van der Waals surface area contributed by atoms with E-state index >= 15 is 0 Å². The Balaban J connectivity index is 1.29. The summed E-state index contributed by atoms with van der Waals surface area (Å²) in [6.07, 6.45) is -4.65. The normalized spacial score (nSPS) is 12.2. The predicted octanol–water partition coefficient (Wildman–Crippen LogP) is 13.6. The molecule has 282 valence electrons. The van der Waals surface area contributed by atoms with Gasteiger partial charge < -0.3 is 19.1 Å². The number of nitrogens with one attached hydrogen (secondary N) is 2. The van der Waals surface area contributed by atoms with Crippen LogP contribution in [0.25, 0.3) is 110 Å². The number of hydrogen-bond donors (Lipinski definition) is 2. The molecular formula is C51H27F3N6. The molecule has 0 unspecified atom stereocenters. The van der Waals surface area contributed by atoms with Crippen molar-refractivity contribution in [3.63, 3.8) is 0 Å². The summed E-state index contributed by atoms with van der Waals surface area (Å²) in [6.45, 7) is 0. The van der Waals surface area contributed by atoms with Gasteiger partial charge in [-0.15, -0.1) is 0 Å². The van der Waals surface area contributed by atoms with Gasteiger partial charge in [0.1, 0.15) is 11.6 Å². The van der Waals surface area contributed by atoms with E-state index in [4.69, 9.17) is 0 Å². The first-order valence-corrected chi connectivity index (χ1v) is 19.4.